The van der Waals surface area contributed by atoms with Crippen LogP contribution < -0.4 is 0 Å². The highest BCUT2D eigenvalue weighted by Crippen LogP contribution is 2.32. The molecule has 108 valence electrons. The minimum absolute atomic E-state index is 0.336. The molecule has 0 N–H and O–H groups in total. The number of benzene rings is 1. The number of aryl methyl sites for hydroxylation is 1. The maximum Gasteiger partial charge on any atom is 0.330 e. The highest BCUT2D eigenvalue weighted by Gasteiger charge is 2.14. The van der Waals surface area contributed by atoms with E-state index in [1.165, 1.54) is 49.3 Å². The van der Waals surface area contributed by atoms with E-state index < -0.39 is 0 Å². The number of ether oxygens (including phenoxy) is 1. The lowest BCUT2D eigenvalue weighted by molar-refractivity contribution is -0.137. The lowest BCUT2D eigenvalue weighted by Crippen LogP contribution is -2.05. The lowest BCUT2D eigenvalue weighted by atomic mass is 9.84. The summed E-state index contributed by atoms with van der Waals surface area (Å²) in [6.07, 6.45) is 9.87. The fourth-order valence-corrected chi connectivity index (χ4v) is 2.90. The summed E-state index contributed by atoms with van der Waals surface area (Å²) in [4.78, 5) is 10.9. The molecule has 2 nitrogen and oxygen atoms in total. The molecular weight excluding hydrogens is 248 g/mol. The third-order valence-corrected chi connectivity index (χ3v) is 4.08. The molecule has 0 saturated heterocycles. The Morgan fingerprint density at radius 3 is 2.55 bits per heavy atom. The molecule has 0 aliphatic heterocycles. The second kappa shape index (κ2) is 7.88. The Labute approximate surface area is 121 Å². The van der Waals surface area contributed by atoms with Gasteiger partial charge in [0.2, 0.25) is 0 Å². The van der Waals surface area contributed by atoms with Gasteiger partial charge in [0.1, 0.15) is 0 Å². The van der Waals surface area contributed by atoms with Crippen molar-refractivity contribution in [1.82, 2.24) is 0 Å². The fraction of sp³-hybridized carbons (Fsp3) is 0.500. The monoisotopic (exact) mass is 272 g/mol. The van der Waals surface area contributed by atoms with Crippen molar-refractivity contribution in [2.45, 2.75) is 50.9 Å². The van der Waals surface area contributed by atoms with Crippen molar-refractivity contribution >= 4 is 5.97 Å². The quantitative estimate of drug-likeness (QED) is 0.436. The molecule has 0 spiro atoms. The first-order valence-corrected chi connectivity index (χ1v) is 7.67. The van der Waals surface area contributed by atoms with Gasteiger partial charge in [0.05, 0.1) is 6.61 Å². The van der Waals surface area contributed by atoms with Crippen LogP contribution in [-0.4, -0.2) is 12.6 Å². The van der Waals surface area contributed by atoms with Crippen LogP contribution in [-0.2, 0) is 16.0 Å². The van der Waals surface area contributed by atoms with Crippen LogP contribution >= 0.6 is 0 Å². The van der Waals surface area contributed by atoms with E-state index in [1.807, 2.05) is 0 Å². The molecule has 1 saturated carbocycles. The van der Waals surface area contributed by atoms with E-state index >= 15 is 0 Å². The van der Waals surface area contributed by atoms with E-state index in [2.05, 4.69) is 30.8 Å². The van der Waals surface area contributed by atoms with Crippen molar-refractivity contribution in [3.8, 4) is 0 Å². The van der Waals surface area contributed by atoms with Gasteiger partial charge in [-0.2, -0.15) is 0 Å². The van der Waals surface area contributed by atoms with E-state index in [-0.39, 0.29) is 5.97 Å². The normalized spacial score (nSPS) is 15.8. The van der Waals surface area contributed by atoms with Crippen molar-refractivity contribution in [3.05, 3.63) is 48.0 Å². The number of carbonyl (C=O) groups is 1. The molecule has 0 unspecified atom stereocenters. The molecular formula is C18H24O2. The Hall–Kier alpha value is -1.57. The Morgan fingerprint density at radius 2 is 1.90 bits per heavy atom. The van der Waals surface area contributed by atoms with Gasteiger partial charge in [0.15, 0.2) is 0 Å². The first-order valence-electron chi connectivity index (χ1n) is 7.67. The Morgan fingerprint density at radius 1 is 1.20 bits per heavy atom. The number of hydrogen-bond donors (Lipinski definition) is 0. The van der Waals surface area contributed by atoms with E-state index in [0.29, 0.717) is 6.61 Å². The second-order valence-corrected chi connectivity index (χ2v) is 5.55. The first kappa shape index (κ1) is 14.8. The van der Waals surface area contributed by atoms with Gasteiger partial charge in [0, 0.05) is 6.08 Å². The zero-order valence-electron chi connectivity index (χ0n) is 12.1. The van der Waals surface area contributed by atoms with Gasteiger partial charge in [-0.15, -0.1) is 0 Å². The van der Waals surface area contributed by atoms with Gasteiger partial charge in [-0.25, -0.2) is 4.79 Å². The number of esters is 1. The summed E-state index contributed by atoms with van der Waals surface area (Å²) < 4.78 is 4.97. The van der Waals surface area contributed by atoms with Crippen molar-refractivity contribution in [2.24, 2.45) is 0 Å². The highest BCUT2D eigenvalue weighted by molar-refractivity contribution is 5.81. The topological polar surface area (TPSA) is 26.3 Å². The first-order chi connectivity index (χ1) is 9.79. The summed E-state index contributed by atoms with van der Waals surface area (Å²) >= 11 is 0. The van der Waals surface area contributed by atoms with E-state index in [1.54, 1.807) is 0 Å². The Bertz CT molecular complexity index is 427. The molecule has 2 heteroatoms. The molecule has 1 aliphatic rings. The van der Waals surface area contributed by atoms with Crippen LogP contribution in [0, 0.1) is 0 Å². The fourth-order valence-electron chi connectivity index (χ4n) is 2.90. The predicted octanol–water partition coefficient (Wildman–Crippen LogP) is 4.40. The van der Waals surface area contributed by atoms with E-state index in [9.17, 15) is 4.79 Å². The van der Waals surface area contributed by atoms with Gasteiger partial charge in [-0.1, -0.05) is 50.1 Å². The molecule has 1 aromatic rings. The summed E-state index contributed by atoms with van der Waals surface area (Å²) in [7, 11) is 0. The van der Waals surface area contributed by atoms with Crippen molar-refractivity contribution in [2.75, 3.05) is 6.61 Å². The van der Waals surface area contributed by atoms with Crippen LogP contribution in [0.15, 0.2) is 36.9 Å². The van der Waals surface area contributed by atoms with Crippen molar-refractivity contribution < 1.29 is 9.53 Å². The van der Waals surface area contributed by atoms with Crippen LogP contribution in [0.25, 0.3) is 0 Å². The van der Waals surface area contributed by atoms with Crippen LogP contribution in [0.1, 0.15) is 55.6 Å². The highest BCUT2D eigenvalue weighted by atomic mass is 16.5. The molecule has 0 aromatic heterocycles. The largest absolute Gasteiger partial charge is 0.463 e. The molecule has 0 atom stereocenters. The Balaban J connectivity index is 1.76. The van der Waals surface area contributed by atoms with Gasteiger partial charge in [-0.3, -0.25) is 0 Å². The van der Waals surface area contributed by atoms with E-state index in [4.69, 9.17) is 4.74 Å². The maximum atomic E-state index is 10.9. The van der Waals surface area contributed by atoms with Crippen molar-refractivity contribution in [3.63, 3.8) is 0 Å². The molecule has 1 fully saturated rings. The summed E-state index contributed by atoms with van der Waals surface area (Å²) in [6.45, 7) is 3.84. The van der Waals surface area contributed by atoms with Crippen LogP contribution in [0.3, 0.4) is 0 Å². The number of rotatable bonds is 6. The van der Waals surface area contributed by atoms with Gasteiger partial charge >= 0.3 is 5.97 Å². The molecule has 2 rings (SSSR count). The molecule has 1 aromatic carbocycles. The smallest absolute Gasteiger partial charge is 0.330 e. The molecule has 0 bridgehead atoms. The van der Waals surface area contributed by atoms with Gasteiger partial charge in [0.25, 0.3) is 0 Å². The molecule has 20 heavy (non-hydrogen) atoms. The standard InChI is InChI=1S/C18H24O2/c1-2-18(19)20-14-6-7-15-10-12-17(13-11-15)16-8-4-3-5-9-16/h2,10-13,16H,1,3-9,14H2. The number of hydrogen-bond acceptors (Lipinski definition) is 2. The molecule has 0 heterocycles. The minimum atomic E-state index is -0.336. The van der Waals surface area contributed by atoms with Crippen LogP contribution in [0.4, 0.5) is 0 Å². The van der Waals surface area contributed by atoms with Crippen LogP contribution in [0.2, 0.25) is 0 Å². The summed E-state index contributed by atoms with van der Waals surface area (Å²) in [5.74, 6) is 0.434. The van der Waals surface area contributed by atoms with Crippen molar-refractivity contribution in [1.29, 1.82) is 0 Å². The summed E-state index contributed by atoms with van der Waals surface area (Å²) in [5, 5.41) is 0. The SMILES string of the molecule is C=CC(=O)OCCCc1ccc(C2CCCCC2)cc1. The zero-order valence-corrected chi connectivity index (χ0v) is 12.1. The summed E-state index contributed by atoms with van der Waals surface area (Å²) in [5.41, 5.74) is 2.81. The zero-order chi connectivity index (χ0) is 14.2. The maximum absolute atomic E-state index is 10.9. The van der Waals surface area contributed by atoms with Crippen LogP contribution in [0.5, 0.6) is 0 Å². The third kappa shape index (κ3) is 4.52. The molecule has 0 radical (unpaired) electrons. The average Bonchev–Trinajstić information content (AvgIpc) is 2.52. The third-order valence-electron chi connectivity index (χ3n) is 4.08. The molecule has 1 aliphatic carbocycles. The van der Waals surface area contributed by atoms with Gasteiger partial charge in [-0.05, 0) is 42.7 Å². The second-order valence-electron chi connectivity index (χ2n) is 5.55. The summed E-state index contributed by atoms with van der Waals surface area (Å²) in [6, 6.07) is 9.00. The minimum Gasteiger partial charge on any atom is -0.463 e. The van der Waals surface area contributed by atoms with Gasteiger partial charge < -0.3 is 4.74 Å². The van der Waals surface area contributed by atoms with E-state index in [0.717, 1.165) is 18.8 Å². The average molecular weight is 272 g/mol. The molecule has 0 amide bonds. The Kier molecular flexibility index (Phi) is 5.85. The number of carbonyl (C=O) groups excluding carboxylic acids is 1. The lowest BCUT2D eigenvalue weighted by Gasteiger charge is -2.22. The predicted molar refractivity (Wildman–Crippen MR) is 81.7 cm³/mol.